The molecule has 0 fully saturated rings. The average Bonchev–Trinajstić information content (AvgIpc) is 2.86. The first kappa shape index (κ1) is 12.8. The van der Waals surface area contributed by atoms with Crippen LogP contribution in [0.15, 0.2) is 36.5 Å². The molecule has 2 aromatic rings. The van der Waals surface area contributed by atoms with Gasteiger partial charge in [-0.3, -0.25) is 9.48 Å². The summed E-state index contributed by atoms with van der Waals surface area (Å²) in [4.78, 5) is 12.0. The summed E-state index contributed by atoms with van der Waals surface area (Å²) >= 11 is 0. The molecule has 0 aliphatic heterocycles. The molecule has 0 aliphatic rings. The number of rotatable bonds is 4. The summed E-state index contributed by atoms with van der Waals surface area (Å²) in [6.07, 6.45) is 2.60. The number of carbonyl (C=O) groups is 1. The molecule has 0 atom stereocenters. The number of nitrogens with zero attached hydrogens (tertiary/aromatic N) is 3. The van der Waals surface area contributed by atoms with E-state index in [0.29, 0.717) is 11.4 Å². The summed E-state index contributed by atoms with van der Waals surface area (Å²) in [6.45, 7) is 2.23. The molecule has 5 heteroatoms. The van der Waals surface area contributed by atoms with Gasteiger partial charge in [0, 0.05) is 17.8 Å². The van der Waals surface area contributed by atoms with Gasteiger partial charge in [-0.25, -0.2) is 0 Å². The number of aromatic nitrogens is 2. The Labute approximate surface area is 111 Å². The largest absolute Gasteiger partial charge is 0.305 e. The molecule has 1 heterocycles. The highest BCUT2D eigenvalue weighted by molar-refractivity contribution is 6.03. The fourth-order valence-corrected chi connectivity index (χ4v) is 1.67. The lowest BCUT2D eigenvalue weighted by Crippen LogP contribution is -2.12. The van der Waals surface area contributed by atoms with Crippen LogP contribution < -0.4 is 5.32 Å². The molecule has 1 N–H and O–H groups in total. The Hall–Kier alpha value is -2.61. The van der Waals surface area contributed by atoms with Crippen molar-refractivity contribution in [1.82, 2.24) is 9.78 Å². The number of aryl methyl sites for hydroxylation is 1. The molecular formula is C14H14N4O. The number of hydrogen-bond donors (Lipinski definition) is 1. The molecule has 1 amide bonds. The van der Waals surface area contributed by atoms with Crippen molar-refractivity contribution in [2.45, 2.75) is 19.9 Å². The first-order valence-corrected chi connectivity index (χ1v) is 6.03. The van der Waals surface area contributed by atoms with E-state index in [1.54, 1.807) is 24.4 Å². The number of benzene rings is 1. The lowest BCUT2D eigenvalue weighted by molar-refractivity contribution is 0.102. The maximum Gasteiger partial charge on any atom is 0.256 e. The lowest BCUT2D eigenvalue weighted by Gasteiger charge is -2.03. The van der Waals surface area contributed by atoms with E-state index >= 15 is 0 Å². The third kappa shape index (κ3) is 3.19. The van der Waals surface area contributed by atoms with E-state index in [1.165, 1.54) is 10.2 Å². The molecule has 0 saturated heterocycles. The van der Waals surface area contributed by atoms with E-state index in [1.807, 2.05) is 18.2 Å². The van der Waals surface area contributed by atoms with Gasteiger partial charge < -0.3 is 5.32 Å². The second-order valence-electron chi connectivity index (χ2n) is 4.06. The molecule has 0 bridgehead atoms. The van der Waals surface area contributed by atoms with Gasteiger partial charge >= 0.3 is 0 Å². The van der Waals surface area contributed by atoms with Gasteiger partial charge in [-0.1, -0.05) is 19.1 Å². The highest BCUT2D eigenvalue weighted by Gasteiger charge is 2.07. The molecule has 19 heavy (non-hydrogen) atoms. The maximum absolute atomic E-state index is 12.0. The fraction of sp³-hybridized carbons (Fsp3) is 0.214. The van der Waals surface area contributed by atoms with Gasteiger partial charge in [0.25, 0.3) is 5.91 Å². The first-order chi connectivity index (χ1) is 9.22. The second kappa shape index (κ2) is 5.83. The molecule has 0 unspecified atom stereocenters. The Balaban J connectivity index is 2.05. The lowest BCUT2D eigenvalue weighted by atomic mass is 10.1. The Bertz CT molecular complexity index is 607. The van der Waals surface area contributed by atoms with Crippen molar-refractivity contribution < 1.29 is 4.79 Å². The Morgan fingerprint density at radius 3 is 2.74 bits per heavy atom. The van der Waals surface area contributed by atoms with Crippen molar-refractivity contribution in [1.29, 1.82) is 5.26 Å². The van der Waals surface area contributed by atoms with Crippen LogP contribution in [0.5, 0.6) is 0 Å². The molecule has 1 aromatic heterocycles. The van der Waals surface area contributed by atoms with E-state index in [4.69, 9.17) is 5.26 Å². The summed E-state index contributed by atoms with van der Waals surface area (Å²) < 4.78 is 1.47. The molecule has 5 nitrogen and oxygen atoms in total. The highest BCUT2D eigenvalue weighted by Crippen LogP contribution is 2.08. The molecule has 0 radical (unpaired) electrons. The number of amides is 1. The molecule has 1 aromatic carbocycles. The SMILES string of the molecule is CCc1ccc(C(=O)Nc2ccn(CC#N)n2)cc1. The van der Waals surface area contributed by atoms with Gasteiger partial charge in [0.15, 0.2) is 5.82 Å². The van der Waals surface area contributed by atoms with Crippen molar-refractivity contribution in [2.24, 2.45) is 0 Å². The molecule has 96 valence electrons. The molecule has 2 rings (SSSR count). The Morgan fingerprint density at radius 2 is 2.11 bits per heavy atom. The maximum atomic E-state index is 12.0. The van der Waals surface area contributed by atoms with Crippen LogP contribution >= 0.6 is 0 Å². The predicted molar refractivity (Wildman–Crippen MR) is 71.6 cm³/mol. The molecule has 0 spiro atoms. The van der Waals surface area contributed by atoms with E-state index < -0.39 is 0 Å². The van der Waals surface area contributed by atoms with E-state index in [9.17, 15) is 4.79 Å². The van der Waals surface area contributed by atoms with Crippen LogP contribution in [-0.2, 0) is 13.0 Å². The van der Waals surface area contributed by atoms with Crippen LogP contribution in [0.1, 0.15) is 22.8 Å². The quantitative estimate of drug-likeness (QED) is 0.909. The number of anilines is 1. The van der Waals surface area contributed by atoms with Crippen LogP contribution in [0.25, 0.3) is 0 Å². The third-order valence-corrected chi connectivity index (χ3v) is 2.74. The predicted octanol–water partition coefficient (Wildman–Crippen LogP) is 2.22. The van der Waals surface area contributed by atoms with Crippen LogP contribution in [0.4, 0.5) is 5.82 Å². The monoisotopic (exact) mass is 254 g/mol. The minimum atomic E-state index is -0.204. The van der Waals surface area contributed by atoms with Crippen LogP contribution in [0.3, 0.4) is 0 Å². The Morgan fingerprint density at radius 1 is 1.37 bits per heavy atom. The zero-order chi connectivity index (χ0) is 13.7. The van der Waals surface area contributed by atoms with Gasteiger partial charge in [0.05, 0.1) is 6.07 Å². The highest BCUT2D eigenvalue weighted by atomic mass is 16.1. The van der Waals surface area contributed by atoms with Crippen LogP contribution in [0, 0.1) is 11.3 Å². The standard InChI is InChI=1S/C14H14N4O/c1-2-11-3-5-12(6-4-11)14(19)16-13-7-9-18(17-13)10-8-15/h3-7,9H,2,10H2,1H3,(H,16,17,19). The van der Waals surface area contributed by atoms with Crippen LogP contribution in [0.2, 0.25) is 0 Å². The number of nitrogens with one attached hydrogen (secondary N) is 1. The molecule has 0 aliphatic carbocycles. The first-order valence-electron chi connectivity index (χ1n) is 6.03. The normalized spacial score (nSPS) is 9.89. The van der Waals surface area contributed by atoms with Crippen molar-refractivity contribution in [2.75, 3.05) is 5.32 Å². The van der Waals surface area contributed by atoms with E-state index in [0.717, 1.165) is 6.42 Å². The Kier molecular flexibility index (Phi) is 3.94. The van der Waals surface area contributed by atoms with Crippen molar-refractivity contribution in [3.05, 3.63) is 47.7 Å². The van der Waals surface area contributed by atoms with Gasteiger partial charge in [-0.2, -0.15) is 10.4 Å². The van der Waals surface area contributed by atoms with E-state index in [-0.39, 0.29) is 12.5 Å². The summed E-state index contributed by atoms with van der Waals surface area (Å²) in [7, 11) is 0. The number of nitriles is 1. The van der Waals surface area contributed by atoms with Crippen molar-refractivity contribution >= 4 is 11.7 Å². The zero-order valence-corrected chi connectivity index (χ0v) is 10.6. The van der Waals surface area contributed by atoms with Gasteiger partial charge in [0.2, 0.25) is 0 Å². The molecule has 0 saturated carbocycles. The summed E-state index contributed by atoms with van der Waals surface area (Å²) in [5.74, 6) is 0.240. The average molecular weight is 254 g/mol. The van der Waals surface area contributed by atoms with E-state index in [2.05, 4.69) is 17.3 Å². The topological polar surface area (TPSA) is 70.7 Å². The third-order valence-electron chi connectivity index (χ3n) is 2.74. The summed E-state index contributed by atoms with van der Waals surface area (Å²) in [5, 5.41) is 15.3. The molecular weight excluding hydrogens is 240 g/mol. The van der Waals surface area contributed by atoms with Gasteiger partial charge in [0.1, 0.15) is 6.54 Å². The van der Waals surface area contributed by atoms with Gasteiger partial charge in [-0.05, 0) is 24.1 Å². The van der Waals surface area contributed by atoms with Gasteiger partial charge in [-0.15, -0.1) is 0 Å². The minimum Gasteiger partial charge on any atom is -0.305 e. The second-order valence-corrected chi connectivity index (χ2v) is 4.06. The summed E-state index contributed by atoms with van der Waals surface area (Å²) in [6, 6.07) is 11.1. The smallest absolute Gasteiger partial charge is 0.256 e. The zero-order valence-electron chi connectivity index (χ0n) is 10.6. The number of hydrogen-bond acceptors (Lipinski definition) is 3. The minimum absolute atomic E-state index is 0.168. The van der Waals surface area contributed by atoms with Crippen molar-refractivity contribution in [3.8, 4) is 6.07 Å². The van der Waals surface area contributed by atoms with Crippen LogP contribution in [-0.4, -0.2) is 15.7 Å². The van der Waals surface area contributed by atoms with Crippen molar-refractivity contribution in [3.63, 3.8) is 0 Å². The fourth-order valence-electron chi connectivity index (χ4n) is 1.67. The number of carbonyl (C=O) groups excluding carboxylic acids is 1. The summed E-state index contributed by atoms with van der Waals surface area (Å²) in [5.41, 5.74) is 1.78.